The van der Waals surface area contributed by atoms with Gasteiger partial charge in [-0.1, -0.05) is 0 Å². The summed E-state index contributed by atoms with van der Waals surface area (Å²) in [6, 6.07) is 0. The largest absolute Gasteiger partial charge is 0.477 e. The molecule has 0 aromatic rings. The minimum atomic E-state index is -1.82. The van der Waals surface area contributed by atoms with E-state index in [-0.39, 0.29) is 6.61 Å². The van der Waals surface area contributed by atoms with Gasteiger partial charge < -0.3 is 28.8 Å². The third kappa shape index (κ3) is 1.88. The molecule has 0 unspecified atom stereocenters. The van der Waals surface area contributed by atoms with Crippen LogP contribution in [0.15, 0.2) is 0 Å². The second-order valence-corrected chi connectivity index (χ2v) is 5.96. The number of aliphatic carboxylic acids is 1. The molecule has 4 atom stereocenters. The first-order valence-corrected chi connectivity index (χ1v) is 6.26. The number of carboxylic acids is 1. The van der Waals surface area contributed by atoms with Gasteiger partial charge in [0.05, 0.1) is 6.61 Å². The minimum Gasteiger partial charge on any atom is -0.477 e. The average Bonchev–Trinajstić information content (AvgIpc) is 2.67. The lowest BCUT2D eigenvalue weighted by Gasteiger charge is -2.38. The molecular weight excluding hydrogens is 256 g/mol. The van der Waals surface area contributed by atoms with Crippen molar-refractivity contribution in [2.45, 2.75) is 63.4 Å². The molecule has 1 N–H and O–H groups in total. The number of hydrogen-bond acceptors (Lipinski definition) is 6. The number of carboxylic acid groups (broad SMARTS) is 1. The number of fused-ring (bicyclic) bond motifs is 3. The van der Waals surface area contributed by atoms with Crippen LogP contribution < -0.4 is 0 Å². The first-order chi connectivity index (χ1) is 8.65. The highest BCUT2D eigenvalue weighted by Gasteiger charge is 2.71. The van der Waals surface area contributed by atoms with Gasteiger partial charge in [0.1, 0.15) is 12.2 Å². The Morgan fingerprint density at radius 3 is 2.42 bits per heavy atom. The van der Waals surface area contributed by atoms with E-state index in [9.17, 15) is 9.90 Å². The van der Waals surface area contributed by atoms with E-state index in [2.05, 4.69) is 0 Å². The van der Waals surface area contributed by atoms with E-state index in [0.717, 1.165) is 0 Å². The van der Waals surface area contributed by atoms with Crippen molar-refractivity contribution in [3.8, 4) is 0 Å². The van der Waals surface area contributed by atoms with Crippen LogP contribution >= 0.6 is 0 Å². The van der Waals surface area contributed by atoms with E-state index in [1.807, 2.05) is 0 Å². The van der Waals surface area contributed by atoms with Crippen LogP contribution in [0.2, 0.25) is 0 Å². The zero-order valence-corrected chi connectivity index (χ0v) is 11.3. The molecule has 3 aliphatic heterocycles. The predicted octanol–water partition coefficient (Wildman–Crippen LogP) is 0.469. The summed E-state index contributed by atoms with van der Waals surface area (Å²) < 4.78 is 28.0. The summed E-state index contributed by atoms with van der Waals surface area (Å²) in [6.45, 7) is 7.09. The van der Waals surface area contributed by atoms with E-state index in [1.165, 1.54) is 0 Å². The first-order valence-electron chi connectivity index (χ1n) is 6.26. The van der Waals surface area contributed by atoms with Gasteiger partial charge in [-0.3, -0.25) is 0 Å². The number of hydrogen-bond donors (Lipinski definition) is 1. The molecule has 3 fully saturated rings. The van der Waals surface area contributed by atoms with E-state index in [1.54, 1.807) is 27.7 Å². The molecule has 0 bridgehead atoms. The van der Waals surface area contributed by atoms with Gasteiger partial charge in [0.25, 0.3) is 0 Å². The van der Waals surface area contributed by atoms with Crippen LogP contribution in [0.25, 0.3) is 0 Å². The Hall–Kier alpha value is -0.730. The molecule has 7 nitrogen and oxygen atoms in total. The first kappa shape index (κ1) is 13.3. The average molecular weight is 274 g/mol. The van der Waals surface area contributed by atoms with Crippen LogP contribution in [0, 0.1) is 0 Å². The highest BCUT2D eigenvalue weighted by atomic mass is 16.9. The minimum absolute atomic E-state index is 0.246. The summed E-state index contributed by atoms with van der Waals surface area (Å²) >= 11 is 0. The molecule has 0 spiro atoms. The quantitative estimate of drug-likeness (QED) is 0.744. The molecule has 0 radical (unpaired) electrons. The Morgan fingerprint density at radius 1 is 1.11 bits per heavy atom. The molecule has 0 aromatic carbocycles. The van der Waals surface area contributed by atoms with Gasteiger partial charge in [-0.15, -0.1) is 0 Å². The van der Waals surface area contributed by atoms with Crippen LogP contribution in [0.1, 0.15) is 27.7 Å². The molecule has 0 aromatic heterocycles. The maximum atomic E-state index is 11.6. The van der Waals surface area contributed by atoms with Crippen molar-refractivity contribution in [2.24, 2.45) is 0 Å². The van der Waals surface area contributed by atoms with Crippen LogP contribution in [-0.4, -0.2) is 53.4 Å². The Bertz CT molecular complexity index is 418. The summed E-state index contributed by atoms with van der Waals surface area (Å²) in [5, 5.41) is 9.46. The maximum Gasteiger partial charge on any atom is 0.367 e. The number of ether oxygens (including phenoxy) is 5. The van der Waals surface area contributed by atoms with Gasteiger partial charge in [-0.05, 0) is 27.7 Å². The molecule has 3 rings (SSSR count). The SMILES string of the molecule is CC1(C)OC[C@@H]2O[C@@]3(C(=O)O)OC(C)(C)O[C@@H]3[C@H]2O1. The molecule has 108 valence electrons. The predicted molar refractivity (Wildman–Crippen MR) is 60.2 cm³/mol. The van der Waals surface area contributed by atoms with Crippen LogP contribution in [-0.2, 0) is 28.5 Å². The van der Waals surface area contributed by atoms with Crippen LogP contribution in [0.4, 0.5) is 0 Å². The van der Waals surface area contributed by atoms with Crippen molar-refractivity contribution in [3.63, 3.8) is 0 Å². The van der Waals surface area contributed by atoms with Gasteiger partial charge in [0.2, 0.25) is 0 Å². The van der Waals surface area contributed by atoms with Crippen molar-refractivity contribution in [1.82, 2.24) is 0 Å². The van der Waals surface area contributed by atoms with Crippen molar-refractivity contribution < 1.29 is 33.6 Å². The Morgan fingerprint density at radius 2 is 1.79 bits per heavy atom. The van der Waals surface area contributed by atoms with Gasteiger partial charge in [-0.2, -0.15) is 0 Å². The summed E-state index contributed by atoms with van der Waals surface area (Å²) in [6.07, 6.45) is -1.85. The van der Waals surface area contributed by atoms with Crippen LogP contribution in [0.3, 0.4) is 0 Å². The fourth-order valence-electron chi connectivity index (χ4n) is 2.82. The standard InChI is InChI=1S/C12H18O7/c1-10(2)15-5-6-7(17-10)8-12(16-6,9(13)14)19-11(3,4)18-8/h6-8H,5H2,1-4H3,(H,13,14)/t6-,7-,8+,12+/m0/s1. The van der Waals surface area contributed by atoms with Gasteiger partial charge in [0.15, 0.2) is 17.7 Å². The van der Waals surface area contributed by atoms with Crippen molar-refractivity contribution in [3.05, 3.63) is 0 Å². The zero-order chi connectivity index (χ0) is 14.1. The maximum absolute atomic E-state index is 11.6. The monoisotopic (exact) mass is 274 g/mol. The smallest absolute Gasteiger partial charge is 0.367 e. The lowest BCUT2D eigenvalue weighted by molar-refractivity contribution is -0.325. The molecule has 3 heterocycles. The zero-order valence-electron chi connectivity index (χ0n) is 11.3. The third-order valence-corrected chi connectivity index (χ3v) is 3.49. The van der Waals surface area contributed by atoms with E-state index in [0.29, 0.717) is 0 Å². The van der Waals surface area contributed by atoms with Crippen molar-refractivity contribution >= 4 is 5.97 Å². The second kappa shape index (κ2) is 3.67. The molecule has 0 amide bonds. The van der Waals surface area contributed by atoms with Crippen molar-refractivity contribution in [1.29, 1.82) is 0 Å². The fraction of sp³-hybridized carbons (Fsp3) is 0.917. The molecule has 19 heavy (non-hydrogen) atoms. The van der Waals surface area contributed by atoms with Gasteiger partial charge in [-0.25, -0.2) is 4.79 Å². The van der Waals surface area contributed by atoms with Gasteiger partial charge in [0, 0.05) is 0 Å². The lowest BCUT2D eigenvalue weighted by atomic mass is 10.0. The highest BCUT2D eigenvalue weighted by molar-refractivity contribution is 5.77. The van der Waals surface area contributed by atoms with Crippen molar-refractivity contribution in [2.75, 3.05) is 6.61 Å². The summed E-state index contributed by atoms with van der Waals surface area (Å²) in [5.41, 5.74) is 0. The second-order valence-electron chi connectivity index (χ2n) is 5.96. The number of carbonyl (C=O) groups is 1. The molecule has 0 aliphatic carbocycles. The van der Waals surface area contributed by atoms with E-state index < -0.39 is 41.6 Å². The Kier molecular flexibility index (Phi) is 2.57. The highest BCUT2D eigenvalue weighted by Crippen LogP contribution is 2.48. The summed E-state index contributed by atoms with van der Waals surface area (Å²) in [7, 11) is 0. The molecular formula is C12H18O7. The summed E-state index contributed by atoms with van der Waals surface area (Å²) in [4.78, 5) is 11.6. The van der Waals surface area contributed by atoms with Crippen LogP contribution in [0.5, 0.6) is 0 Å². The number of rotatable bonds is 1. The third-order valence-electron chi connectivity index (χ3n) is 3.49. The lowest BCUT2D eigenvalue weighted by Crippen LogP contribution is -2.52. The molecule has 7 heteroatoms. The fourth-order valence-corrected chi connectivity index (χ4v) is 2.82. The Labute approximate surface area is 110 Å². The van der Waals surface area contributed by atoms with E-state index in [4.69, 9.17) is 23.7 Å². The van der Waals surface area contributed by atoms with E-state index >= 15 is 0 Å². The Balaban J connectivity index is 1.94. The molecule has 3 saturated heterocycles. The molecule has 0 saturated carbocycles. The van der Waals surface area contributed by atoms with Gasteiger partial charge >= 0.3 is 11.8 Å². The summed E-state index contributed by atoms with van der Waals surface area (Å²) in [5.74, 6) is -4.85. The molecule has 3 aliphatic rings. The topological polar surface area (TPSA) is 83.5 Å². The normalized spacial score (nSPS) is 46.6.